The maximum Gasteiger partial charge on any atom is 0.0945 e. The van der Waals surface area contributed by atoms with Crippen molar-refractivity contribution in [3.8, 4) is 0 Å². The molecule has 0 saturated carbocycles. The first kappa shape index (κ1) is 18.6. The molecule has 0 aliphatic heterocycles. The minimum atomic E-state index is 0.130. The largest absolute Gasteiger partial charge is 0.380 e. The third-order valence-electron chi connectivity index (χ3n) is 3.70. The van der Waals surface area contributed by atoms with Gasteiger partial charge in [-0.15, -0.1) is 11.3 Å². The quantitative estimate of drug-likeness (QED) is 0.743. The molecule has 2 atom stereocenters. The summed E-state index contributed by atoms with van der Waals surface area (Å²) in [6.07, 6.45) is 4.61. The minimum absolute atomic E-state index is 0.130. The number of rotatable bonds is 9. The van der Waals surface area contributed by atoms with Crippen LogP contribution < -0.4 is 5.32 Å². The van der Waals surface area contributed by atoms with Gasteiger partial charge in [0.05, 0.1) is 16.8 Å². The van der Waals surface area contributed by atoms with E-state index in [1.165, 1.54) is 10.7 Å². The SMILES string of the molecule is CCCNC(Cc1nc(C(C)(C)C)cs1)C(CCC)OC. The van der Waals surface area contributed by atoms with Crippen LogP contribution >= 0.6 is 11.3 Å². The molecule has 3 nitrogen and oxygen atoms in total. The zero-order valence-electron chi connectivity index (χ0n) is 14.5. The van der Waals surface area contributed by atoms with E-state index in [4.69, 9.17) is 9.72 Å². The normalized spacial score (nSPS) is 15.1. The average molecular weight is 313 g/mol. The summed E-state index contributed by atoms with van der Waals surface area (Å²) in [5.74, 6) is 0. The number of nitrogens with zero attached hydrogens (tertiary/aromatic N) is 1. The standard InChI is InChI=1S/C17H32N2OS/c1-7-9-14(20-6)13(18-10-8-2)11-16-19-15(12-21-16)17(3,4)5/h12-14,18H,7-11H2,1-6H3. The molecule has 21 heavy (non-hydrogen) atoms. The molecule has 1 aromatic heterocycles. The van der Waals surface area contributed by atoms with E-state index in [-0.39, 0.29) is 11.5 Å². The third-order valence-corrected chi connectivity index (χ3v) is 4.57. The Balaban J connectivity index is 2.77. The second kappa shape index (κ2) is 8.86. The number of hydrogen-bond donors (Lipinski definition) is 1. The molecule has 0 bridgehead atoms. The van der Waals surface area contributed by atoms with Gasteiger partial charge in [0, 0.05) is 30.4 Å². The molecule has 0 aromatic carbocycles. The van der Waals surface area contributed by atoms with Crippen LogP contribution in [0.3, 0.4) is 0 Å². The van der Waals surface area contributed by atoms with E-state index in [2.05, 4.69) is 45.3 Å². The van der Waals surface area contributed by atoms with E-state index in [0.29, 0.717) is 6.04 Å². The zero-order chi connectivity index (χ0) is 15.9. The van der Waals surface area contributed by atoms with Gasteiger partial charge >= 0.3 is 0 Å². The van der Waals surface area contributed by atoms with E-state index >= 15 is 0 Å². The van der Waals surface area contributed by atoms with Gasteiger partial charge in [-0.25, -0.2) is 4.98 Å². The molecule has 122 valence electrons. The molecule has 0 aliphatic carbocycles. The molecule has 1 heterocycles. The van der Waals surface area contributed by atoms with Crippen LogP contribution in [0.5, 0.6) is 0 Å². The first-order valence-electron chi connectivity index (χ1n) is 8.13. The highest BCUT2D eigenvalue weighted by atomic mass is 32.1. The molecule has 0 aliphatic rings. The highest BCUT2D eigenvalue weighted by Crippen LogP contribution is 2.25. The number of aromatic nitrogens is 1. The molecule has 0 fully saturated rings. The van der Waals surface area contributed by atoms with Crippen molar-refractivity contribution in [1.29, 1.82) is 0 Å². The van der Waals surface area contributed by atoms with Gasteiger partial charge in [0.2, 0.25) is 0 Å². The van der Waals surface area contributed by atoms with E-state index < -0.39 is 0 Å². The minimum Gasteiger partial charge on any atom is -0.380 e. The summed E-state index contributed by atoms with van der Waals surface area (Å²) >= 11 is 1.78. The van der Waals surface area contributed by atoms with Crippen molar-refractivity contribution in [3.05, 3.63) is 16.1 Å². The Hall–Kier alpha value is -0.450. The molecule has 4 heteroatoms. The second-order valence-corrected chi connectivity index (χ2v) is 7.65. The van der Waals surface area contributed by atoms with Crippen LogP contribution in [0.2, 0.25) is 0 Å². The lowest BCUT2D eigenvalue weighted by atomic mass is 9.93. The van der Waals surface area contributed by atoms with Crippen LogP contribution in [0.4, 0.5) is 0 Å². The van der Waals surface area contributed by atoms with E-state index in [1.54, 1.807) is 11.3 Å². The molecular formula is C17H32N2OS. The Morgan fingerprint density at radius 2 is 2.00 bits per heavy atom. The Labute approximate surface area is 134 Å². The smallest absolute Gasteiger partial charge is 0.0945 e. The van der Waals surface area contributed by atoms with Gasteiger partial charge in [-0.3, -0.25) is 0 Å². The maximum atomic E-state index is 5.71. The Bertz CT molecular complexity index is 398. The lowest BCUT2D eigenvalue weighted by molar-refractivity contribution is 0.0609. The summed E-state index contributed by atoms with van der Waals surface area (Å²) in [7, 11) is 1.82. The Morgan fingerprint density at radius 3 is 2.48 bits per heavy atom. The second-order valence-electron chi connectivity index (χ2n) is 6.70. The monoisotopic (exact) mass is 312 g/mol. The summed E-state index contributed by atoms with van der Waals surface area (Å²) in [6, 6.07) is 0.355. The lowest BCUT2D eigenvalue weighted by Crippen LogP contribution is -2.43. The summed E-state index contributed by atoms with van der Waals surface area (Å²) in [4.78, 5) is 4.83. The summed E-state index contributed by atoms with van der Waals surface area (Å²) in [6.45, 7) is 12.1. The summed E-state index contributed by atoms with van der Waals surface area (Å²) in [5, 5.41) is 7.06. The molecule has 1 N–H and O–H groups in total. The lowest BCUT2D eigenvalue weighted by Gasteiger charge is -2.26. The first-order valence-corrected chi connectivity index (χ1v) is 9.01. The van der Waals surface area contributed by atoms with Gasteiger partial charge in [0.1, 0.15) is 0 Å². The van der Waals surface area contributed by atoms with Gasteiger partial charge in [0.15, 0.2) is 0 Å². The van der Waals surface area contributed by atoms with Crippen molar-refractivity contribution in [1.82, 2.24) is 10.3 Å². The molecule has 0 radical (unpaired) electrons. The van der Waals surface area contributed by atoms with Crippen molar-refractivity contribution in [2.45, 2.75) is 77.9 Å². The van der Waals surface area contributed by atoms with Crippen LogP contribution in [0.25, 0.3) is 0 Å². The Kier molecular flexibility index (Phi) is 7.85. The van der Waals surface area contributed by atoms with E-state index in [9.17, 15) is 0 Å². The van der Waals surface area contributed by atoms with Gasteiger partial charge in [-0.2, -0.15) is 0 Å². The van der Waals surface area contributed by atoms with Crippen molar-refractivity contribution in [2.24, 2.45) is 0 Å². The average Bonchev–Trinajstić information content (AvgIpc) is 2.89. The number of hydrogen-bond acceptors (Lipinski definition) is 4. The van der Waals surface area contributed by atoms with Crippen LogP contribution in [-0.2, 0) is 16.6 Å². The van der Waals surface area contributed by atoms with Crippen molar-refractivity contribution in [3.63, 3.8) is 0 Å². The van der Waals surface area contributed by atoms with Crippen LogP contribution in [0.15, 0.2) is 5.38 Å². The topological polar surface area (TPSA) is 34.2 Å². The van der Waals surface area contributed by atoms with Gasteiger partial charge in [0.25, 0.3) is 0 Å². The number of thiazole rings is 1. The van der Waals surface area contributed by atoms with E-state index in [1.807, 2.05) is 7.11 Å². The molecule has 1 aromatic rings. The number of nitrogens with one attached hydrogen (secondary N) is 1. The molecule has 0 spiro atoms. The van der Waals surface area contributed by atoms with Crippen molar-refractivity contribution < 1.29 is 4.74 Å². The highest BCUT2D eigenvalue weighted by Gasteiger charge is 2.23. The van der Waals surface area contributed by atoms with Gasteiger partial charge in [-0.1, -0.05) is 41.0 Å². The van der Waals surface area contributed by atoms with Crippen LogP contribution in [-0.4, -0.2) is 30.8 Å². The molecule has 0 amide bonds. The highest BCUT2D eigenvalue weighted by molar-refractivity contribution is 7.09. The molecule has 1 rings (SSSR count). The molecule has 2 unspecified atom stereocenters. The zero-order valence-corrected chi connectivity index (χ0v) is 15.3. The van der Waals surface area contributed by atoms with E-state index in [0.717, 1.165) is 32.2 Å². The first-order chi connectivity index (χ1) is 9.92. The van der Waals surface area contributed by atoms with Crippen LogP contribution in [0.1, 0.15) is 64.6 Å². The van der Waals surface area contributed by atoms with Gasteiger partial charge < -0.3 is 10.1 Å². The molecular weight excluding hydrogens is 280 g/mol. The van der Waals surface area contributed by atoms with Crippen molar-refractivity contribution >= 4 is 11.3 Å². The predicted octanol–water partition coefficient (Wildman–Crippen LogP) is 4.17. The Morgan fingerprint density at radius 1 is 1.29 bits per heavy atom. The van der Waals surface area contributed by atoms with Gasteiger partial charge in [-0.05, 0) is 19.4 Å². The molecule has 0 saturated heterocycles. The maximum absolute atomic E-state index is 5.71. The fraction of sp³-hybridized carbons (Fsp3) is 0.824. The predicted molar refractivity (Wildman–Crippen MR) is 92.3 cm³/mol. The van der Waals surface area contributed by atoms with Crippen molar-refractivity contribution in [2.75, 3.05) is 13.7 Å². The number of methoxy groups -OCH3 is 1. The fourth-order valence-electron chi connectivity index (χ4n) is 2.37. The third kappa shape index (κ3) is 6.05. The van der Waals surface area contributed by atoms with Crippen LogP contribution in [0, 0.1) is 0 Å². The number of ether oxygens (including phenoxy) is 1. The summed E-state index contributed by atoms with van der Waals surface area (Å²) < 4.78 is 5.71. The summed E-state index contributed by atoms with van der Waals surface area (Å²) in [5.41, 5.74) is 1.33. The fourth-order valence-corrected chi connectivity index (χ4v) is 3.45.